The maximum Gasteiger partial charge on any atom is 0.224 e. The van der Waals surface area contributed by atoms with Crippen LogP contribution in [-0.4, -0.2) is 56.1 Å². The molecule has 5 heteroatoms. The van der Waals surface area contributed by atoms with E-state index >= 15 is 0 Å². The smallest absolute Gasteiger partial charge is 0.224 e. The Morgan fingerprint density at radius 1 is 0.960 bits per heavy atom. The van der Waals surface area contributed by atoms with Crippen LogP contribution in [0.5, 0.6) is 11.5 Å². The van der Waals surface area contributed by atoms with E-state index in [1.165, 1.54) is 36.8 Å². The fourth-order valence-corrected chi connectivity index (χ4v) is 3.87. The van der Waals surface area contributed by atoms with Gasteiger partial charge in [0.15, 0.2) is 11.5 Å². The molecule has 25 heavy (non-hydrogen) atoms. The van der Waals surface area contributed by atoms with Crippen molar-refractivity contribution in [2.45, 2.75) is 45.1 Å². The first kappa shape index (κ1) is 18.1. The molecule has 1 saturated heterocycles. The van der Waals surface area contributed by atoms with E-state index in [1.54, 1.807) is 14.2 Å². The van der Waals surface area contributed by atoms with Crippen molar-refractivity contribution in [3.8, 4) is 11.5 Å². The van der Waals surface area contributed by atoms with Crippen molar-refractivity contribution in [2.75, 3.05) is 40.4 Å². The first-order valence-corrected chi connectivity index (χ1v) is 9.45. The van der Waals surface area contributed by atoms with Crippen molar-refractivity contribution < 1.29 is 14.3 Å². The molecule has 0 N–H and O–H groups in total. The summed E-state index contributed by atoms with van der Waals surface area (Å²) in [5.74, 6) is 1.77. The molecule has 0 saturated carbocycles. The number of carbonyl (C=O) groups excluding carboxylic acids is 1. The Bertz CT molecular complexity index is 595. The van der Waals surface area contributed by atoms with E-state index in [9.17, 15) is 4.79 Å². The fraction of sp³-hybridized carbons (Fsp3) is 0.650. The fourth-order valence-electron chi connectivity index (χ4n) is 3.87. The van der Waals surface area contributed by atoms with E-state index in [-0.39, 0.29) is 5.91 Å². The number of rotatable bonds is 5. The lowest BCUT2D eigenvalue weighted by molar-refractivity contribution is -0.132. The Morgan fingerprint density at radius 3 is 2.24 bits per heavy atom. The summed E-state index contributed by atoms with van der Waals surface area (Å²) >= 11 is 0. The lowest BCUT2D eigenvalue weighted by Gasteiger charge is -2.30. The molecule has 1 aromatic rings. The van der Waals surface area contributed by atoms with Crippen LogP contribution in [0.1, 0.15) is 43.2 Å². The molecule has 2 aliphatic rings. The second-order valence-electron chi connectivity index (χ2n) is 7.05. The van der Waals surface area contributed by atoms with Crippen LogP contribution in [0, 0.1) is 0 Å². The van der Waals surface area contributed by atoms with E-state index in [0.717, 1.165) is 44.1 Å². The minimum Gasteiger partial charge on any atom is -0.493 e. The normalized spacial score (nSPS) is 18.4. The molecule has 1 aromatic carbocycles. The van der Waals surface area contributed by atoms with Crippen LogP contribution >= 0.6 is 0 Å². The van der Waals surface area contributed by atoms with E-state index in [4.69, 9.17) is 9.47 Å². The molecule has 0 spiro atoms. The Hall–Kier alpha value is -1.75. The predicted octanol–water partition coefficient (Wildman–Crippen LogP) is 2.85. The number of hydrogen-bond donors (Lipinski definition) is 0. The first-order chi connectivity index (χ1) is 12.2. The van der Waals surface area contributed by atoms with Gasteiger partial charge in [-0.3, -0.25) is 4.79 Å². The van der Waals surface area contributed by atoms with E-state index in [1.807, 2.05) is 17.0 Å². The van der Waals surface area contributed by atoms with E-state index < -0.39 is 0 Å². The van der Waals surface area contributed by atoms with Gasteiger partial charge in [0.25, 0.3) is 0 Å². The molecule has 0 unspecified atom stereocenters. The number of benzene rings is 1. The average Bonchev–Trinajstić information content (AvgIpc) is 2.93. The second-order valence-corrected chi connectivity index (χ2v) is 7.05. The maximum atomic E-state index is 12.7. The number of nitrogens with zero attached hydrogens (tertiary/aromatic N) is 2. The molecule has 0 bridgehead atoms. The van der Waals surface area contributed by atoms with E-state index in [2.05, 4.69) is 4.90 Å². The van der Waals surface area contributed by atoms with Crippen LogP contribution in [0.3, 0.4) is 0 Å². The van der Waals surface area contributed by atoms with Gasteiger partial charge in [0.05, 0.1) is 14.2 Å². The minimum absolute atomic E-state index is 0.268. The zero-order valence-electron chi connectivity index (χ0n) is 15.6. The van der Waals surface area contributed by atoms with Crippen molar-refractivity contribution in [2.24, 2.45) is 0 Å². The van der Waals surface area contributed by atoms with Gasteiger partial charge in [0, 0.05) is 26.1 Å². The number of fused-ring (bicyclic) bond motifs is 1. The van der Waals surface area contributed by atoms with Crippen molar-refractivity contribution in [3.05, 3.63) is 23.3 Å². The quantitative estimate of drug-likeness (QED) is 0.822. The first-order valence-electron chi connectivity index (χ1n) is 9.45. The van der Waals surface area contributed by atoms with Gasteiger partial charge in [0.2, 0.25) is 5.91 Å². The lowest BCUT2D eigenvalue weighted by atomic mass is 9.98. The second kappa shape index (κ2) is 8.56. The average molecular weight is 346 g/mol. The summed E-state index contributed by atoms with van der Waals surface area (Å²) in [5, 5.41) is 0. The molecular weight excluding hydrogens is 316 g/mol. The molecule has 1 fully saturated rings. The highest BCUT2D eigenvalue weighted by atomic mass is 16.5. The summed E-state index contributed by atoms with van der Waals surface area (Å²) in [6.45, 7) is 4.66. The van der Waals surface area contributed by atoms with Crippen LogP contribution in [0.2, 0.25) is 0 Å². The number of amides is 1. The van der Waals surface area contributed by atoms with Gasteiger partial charge in [0.1, 0.15) is 0 Å². The summed E-state index contributed by atoms with van der Waals surface area (Å²) in [6, 6.07) is 4.07. The molecule has 1 amide bonds. The topological polar surface area (TPSA) is 42.0 Å². The van der Waals surface area contributed by atoms with Crippen LogP contribution in [-0.2, 0) is 17.8 Å². The van der Waals surface area contributed by atoms with Gasteiger partial charge in [-0.15, -0.1) is 0 Å². The van der Waals surface area contributed by atoms with Crippen LogP contribution in [0.25, 0.3) is 0 Å². The van der Waals surface area contributed by atoms with Crippen LogP contribution in [0.4, 0.5) is 0 Å². The molecule has 0 atom stereocenters. The standard InChI is InChI=1S/C20H30N2O3/c1-24-18-13-16-7-12-22(15-17(16)14-19(18)25-2)20(23)8-11-21-9-5-3-4-6-10-21/h13-14H,3-12,15H2,1-2H3. The Kier molecular flexibility index (Phi) is 6.19. The van der Waals surface area contributed by atoms with Crippen molar-refractivity contribution >= 4 is 5.91 Å². The minimum atomic E-state index is 0.268. The zero-order chi connectivity index (χ0) is 17.6. The molecule has 138 valence electrons. The number of ether oxygens (including phenoxy) is 2. The molecule has 3 rings (SSSR count). The molecule has 0 aromatic heterocycles. The summed E-state index contributed by atoms with van der Waals surface area (Å²) in [5.41, 5.74) is 2.43. The summed E-state index contributed by atoms with van der Waals surface area (Å²) < 4.78 is 10.8. The molecule has 2 heterocycles. The van der Waals surface area contributed by atoms with Crippen LogP contribution in [0.15, 0.2) is 12.1 Å². The number of carbonyl (C=O) groups is 1. The van der Waals surface area contributed by atoms with Gasteiger partial charge in [-0.25, -0.2) is 0 Å². The highest BCUT2D eigenvalue weighted by Gasteiger charge is 2.23. The third-order valence-corrected chi connectivity index (χ3v) is 5.41. The molecular formula is C20H30N2O3. The van der Waals surface area contributed by atoms with Crippen LogP contribution < -0.4 is 9.47 Å². The van der Waals surface area contributed by atoms with Gasteiger partial charge in [-0.1, -0.05) is 12.8 Å². The summed E-state index contributed by atoms with van der Waals surface area (Å²) in [4.78, 5) is 17.1. The third-order valence-electron chi connectivity index (χ3n) is 5.41. The van der Waals surface area contributed by atoms with Gasteiger partial charge < -0.3 is 19.3 Å². The number of hydrogen-bond acceptors (Lipinski definition) is 4. The lowest BCUT2D eigenvalue weighted by Crippen LogP contribution is -2.38. The summed E-state index contributed by atoms with van der Waals surface area (Å²) in [6.07, 6.45) is 6.71. The molecule has 0 radical (unpaired) electrons. The molecule has 0 aliphatic carbocycles. The maximum absolute atomic E-state index is 12.7. The Balaban J connectivity index is 1.58. The van der Waals surface area contributed by atoms with Gasteiger partial charge >= 0.3 is 0 Å². The van der Waals surface area contributed by atoms with Gasteiger partial charge in [-0.05, 0) is 55.6 Å². The highest BCUT2D eigenvalue weighted by molar-refractivity contribution is 5.76. The Labute approximate surface area is 150 Å². The summed E-state index contributed by atoms with van der Waals surface area (Å²) in [7, 11) is 3.31. The monoisotopic (exact) mass is 346 g/mol. The van der Waals surface area contributed by atoms with E-state index in [0.29, 0.717) is 13.0 Å². The number of likely N-dealkylation sites (tertiary alicyclic amines) is 1. The number of methoxy groups -OCH3 is 2. The molecule has 5 nitrogen and oxygen atoms in total. The van der Waals surface area contributed by atoms with Gasteiger partial charge in [-0.2, -0.15) is 0 Å². The third kappa shape index (κ3) is 4.46. The van der Waals surface area contributed by atoms with Crippen molar-refractivity contribution in [1.82, 2.24) is 9.80 Å². The predicted molar refractivity (Wildman–Crippen MR) is 98.2 cm³/mol. The SMILES string of the molecule is COc1cc2c(cc1OC)CN(C(=O)CCN1CCCCCC1)CC2. The largest absolute Gasteiger partial charge is 0.493 e. The molecule has 2 aliphatic heterocycles. The Morgan fingerprint density at radius 2 is 1.60 bits per heavy atom. The van der Waals surface area contributed by atoms with Crippen molar-refractivity contribution in [1.29, 1.82) is 0 Å². The highest BCUT2D eigenvalue weighted by Crippen LogP contribution is 2.33. The van der Waals surface area contributed by atoms with Crippen molar-refractivity contribution in [3.63, 3.8) is 0 Å². The zero-order valence-corrected chi connectivity index (χ0v) is 15.6.